The molecule has 1 amide bonds. The Kier molecular flexibility index (Phi) is 6.24. The van der Waals surface area contributed by atoms with E-state index in [1.165, 1.54) is 13.2 Å². The van der Waals surface area contributed by atoms with Crippen LogP contribution >= 0.6 is 0 Å². The number of hydrogen-bond acceptors (Lipinski definition) is 5. The van der Waals surface area contributed by atoms with Gasteiger partial charge in [-0.2, -0.15) is 5.26 Å². The zero-order valence-electron chi connectivity index (χ0n) is 14.4. The van der Waals surface area contributed by atoms with Crippen LogP contribution in [0.4, 0.5) is 0 Å². The summed E-state index contributed by atoms with van der Waals surface area (Å²) in [6, 6.07) is 10.6. The average Bonchev–Trinajstić information content (AvgIpc) is 3.18. The molecule has 6 nitrogen and oxygen atoms in total. The Balaban J connectivity index is 2.07. The number of furan rings is 1. The minimum Gasteiger partial charge on any atom is -0.493 e. The van der Waals surface area contributed by atoms with Crippen LogP contribution in [0.3, 0.4) is 0 Å². The first-order valence-corrected chi connectivity index (χ1v) is 7.73. The highest BCUT2D eigenvalue weighted by Gasteiger charge is 2.17. The molecule has 0 saturated carbocycles. The van der Waals surface area contributed by atoms with Crippen molar-refractivity contribution in [1.82, 2.24) is 4.90 Å². The molecule has 0 radical (unpaired) electrons. The zero-order valence-corrected chi connectivity index (χ0v) is 14.4. The number of methoxy groups -OCH3 is 1. The maximum absolute atomic E-state index is 12.3. The van der Waals surface area contributed by atoms with Crippen molar-refractivity contribution < 1.29 is 18.7 Å². The molecule has 0 saturated heterocycles. The van der Waals surface area contributed by atoms with Gasteiger partial charge in [0.15, 0.2) is 18.1 Å². The quantitative estimate of drug-likeness (QED) is 0.722. The van der Waals surface area contributed by atoms with Crippen LogP contribution in [0.1, 0.15) is 24.3 Å². The van der Waals surface area contributed by atoms with E-state index in [0.717, 1.165) is 11.3 Å². The van der Waals surface area contributed by atoms with Gasteiger partial charge in [0, 0.05) is 13.1 Å². The van der Waals surface area contributed by atoms with Crippen LogP contribution in [-0.4, -0.2) is 31.6 Å². The lowest BCUT2D eigenvalue weighted by Gasteiger charge is -2.21. The predicted molar refractivity (Wildman–Crippen MR) is 93.0 cm³/mol. The maximum atomic E-state index is 12.3. The van der Waals surface area contributed by atoms with Crippen molar-refractivity contribution in [3.8, 4) is 17.6 Å². The van der Waals surface area contributed by atoms with Crippen LogP contribution in [0.15, 0.2) is 47.1 Å². The lowest BCUT2D eigenvalue weighted by atomic mass is 10.1. The first-order valence-electron chi connectivity index (χ1n) is 7.73. The fraction of sp³-hybridized carbons (Fsp3) is 0.263. The normalized spacial score (nSPS) is 11.8. The molecule has 1 unspecified atom stereocenters. The number of ether oxygens (including phenoxy) is 2. The van der Waals surface area contributed by atoms with Gasteiger partial charge < -0.3 is 18.8 Å². The SMILES string of the molecule is COc1cc(/C=C/C(=O)N(C)C(C)c2ccco2)ccc1OCC#N. The number of nitrogens with zero attached hydrogens (tertiary/aromatic N) is 2. The van der Waals surface area contributed by atoms with Crippen molar-refractivity contribution in [3.63, 3.8) is 0 Å². The molecule has 1 heterocycles. The van der Waals surface area contributed by atoms with Gasteiger partial charge in [-0.25, -0.2) is 0 Å². The summed E-state index contributed by atoms with van der Waals surface area (Å²) < 4.78 is 15.9. The lowest BCUT2D eigenvalue weighted by Crippen LogP contribution is -2.27. The van der Waals surface area contributed by atoms with Crippen molar-refractivity contribution >= 4 is 12.0 Å². The molecule has 25 heavy (non-hydrogen) atoms. The van der Waals surface area contributed by atoms with Gasteiger partial charge in [0.05, 0.1) is 19.4 Å². The molecule has 0 aliphatic carbocycles. The third-order valence-electron chi connectivity index (χ3n) is 3.78. The van der Waals surface area contributed by atoms with Crippen molar-refractivity contribution in [3.05, 3.63) is 54.0 Å². The largest absolute Gasteiger partial charge is 0.493 e. The molecule has 0 spiro atoms. The smallest absolute Gasteiger partial charge is 0.246 e. The molecule has 0 aliphatic heterocycles. The van der Waals surface area contributed by atoms with Crippen LogP contribution in [0, 0.1) is 11.3 Å². The summed E-state index contributed by atoms with van der Waals surface area (Å²) in [5, 5.41) is 8.58. The molecule has 130 valence electrons. The number of nitriles is 1. The van der Waals surface area contributed by atoms with Crippen molar-refractivity contribution in [1.29, 1.82) is 5.26 Å². The van der Waals surface area contributed by atoms with Crippen LogP contribution in [0.5, 0.6) is 11.5 Å². The highest BCUT2D eigenvalue weighted by Crippen LogP contribution is 2.28. The van der Waals surface area contributed by atoms with Crippen LogP contribution in [0.25, 0.3) is 6.08 Å². The van der Waals surface area contributed by atoms with Gasteiger partial charge in [0.25, 0.3) is 0 Å². The van der Waals surface area contributed by atoms with Gasteiger partial charge in [0.1, 0.15) is 11.8 Å². The number of hydrogen-bond donors (Lipinski definition) is 0. The van der Waals surface area contributed by atoms with Gasteiger partial charge in [-0.3, -0.25) is 4.79 Å². The maximum Gasteiger partial charge on any atom is 0.246 e. The average molecular weight is 340 g/mol. The topological polar surface area (TPSA) is 75.7 Å². The van der Waals surface area contributed by atoms with E-state index in [-0.39, 0.29) is 18.6 Å². The van der Waals surface area contributed by atoms with E-state index in [9.17, 15) is 4.79 Å². The molecule has 2 rings (SSSR count). The standard InChI is InChI=1S/C19H20N2O4/c1-14(16-5-4-11-24-16)21(2)19(22)9-7-15-6-8-17(25-12-10-20)18(13-15)23-3/h4-9,11,13-14H,12H2,1-3H3/b9-7+. The Morgan fingerprint density at radius 2 is 2.20 bits per heavy atom. The Hall–Kier alpha value is -3.20. The summed E-state index contributed by atoms with van der Waals surface area (Å²) in [6.45, 7) is 1.84. The Bertz CT molecular complexity index is 775. The highest BCUT2D eigenvalue weighted by molar-refractivity contribution is 5.91. The van der Waals surface area contributed by atoms with Crippen LogP contribution in [-0.2, 0) is 4.79 Å². The second-order valence-corrected chi connectivity index (χ2v) is 5.33. The minimum absolute atomic E-state index is 0.0561. The molecule has 1 aromatic carbocycles. The fourth-order valence-electron chi connectivity index (χ4n) is 2.21. The molecule has 1 atom stereocenters. The predicted octanol–water partition coefficient (Wildman–Crippen LogP) is 3.42. The molecule has 0 bridgehead atoms. The van der Waals surface area contributed by atoms with Gasteiger partial charge in [0.2, 0.25) is 5.91 Å². The van der Waals surface area contributed by atoms with Crippen molar-refractivity contribution in [2.75, 3.05) is 20.8 Å². The summed E-state index contributed by atoms with van der Waals surface area (Å²) in [5.74, 6) is 1.57. The Labute approximate surface area is 146 Å². The van der Waals surface area contributed by atoms with E-state index >= 15 is 0 Å². The second kappa shape index (κ2) is 8.60. The summed E-state index contributed by atoms with van der Waals surface area (Å²) in [6.07, 6.45) is 4.77. The number of carbonyl (C=O) groups excluding carboxylic acids is 1. The summed E-state index contributed by atoms with van der Waals surface area (Å²) in [4.78, 5) is 13.9. The molecule has 0 aliphatic rings. The third kappa shape index (κ3) is 4.64. The minimum atomic E-state index is -0.163. The molecule has 0 N–H and O–H groups in total. The van der Waals surface area contributed by atoms with Gasteiger partial charge in [-0.05, 0) is 42.8 Å². The van der Waals surface area contributed by atoms with Crippen molar-refractivity contribution in [2.24, 2.45) is 0 Å². The zero-order chi connectivity index (χ0) is 18.2. The summed E-state index contributed by atoms with van der Waals surface area (Å²) in [5.41, 5.74) is 0.786. The number of rotatable bonds is 7. The molecule has 2 aromatic rings. The van der Waals surface area contributed by atoms with E-state index in [1.807, 2.05) is 19.1 Å². The van der Waals surface area contributed by atoms with E-state index < -0.39 is 0 Å². The number of carbonyl (C=O) groups is 1. The molecule has 0 fully saturated rings. The highest BCUT2D eigenvalue weighted by atomic mass is 16.5. The van der Waals surface area contributed by atoms with E-state index in [4.69, 9.17) is 19.2 Å². The molecular formula is C19H20N2O4. The number of likely N-dealkylation sites (N-methyl/N-ethyl adjacent to an activating group) is 1. The molecule has 6 heteroatoms. The van der Waals surface area contributed by atoms with Gasteiger partial charge >= 0.3 is 0 Å². The monoisotopic (exact) mass is 340 g/mol. The summed E-state index contributed by atoms with van der Waals surface area (Å²) >= 11 is 0. The Morgan fingerprint density at radius 1 is 1.40 bits per heavy atom. The third-order valence-corrected chi connectivity index (χ3v) is 3.78. The second-order valence-electron chi connectivity index (χ2n) is 5.33. The van der Waals surface area contributed by atoms with Crippen molar-refractivity contribution in [2.45, 2.75) is 13.0 Å². The molecule has 1 aromatic heterocycles. The number of benzene rings is 1. The van der Waals surface area contributed by atoms with E-state index in [0.29, 0.717) is 11.5 Å². The van der Waals surface area contributed by atoms with Crippen LogP contribution < -0.4 is 9.47 Å². The van der Waals surface area contributed by atoms with Crippen LogP contribution in [0.2, 0.25) is 0 Å². The lowest BCUT2D eigenvalue weighted by molar-refractivity contribution is -0.126. The first kappa shape index (κ1) is 18.1. The fourth-order valence-corrected chi connectivity index (χ4v) is 2.21. The van der Waals surface area contributed by atoms with Gasteiger partial charge in [-0.15, -0.1) is 0 Å². The summed E-state index contributed by atoms with van der Waals surface area (Å²) in [7, 11) is 3.24. The number of amides is 1. The molecular weight excluding hydrogens is 320 g/mol. The van der Waals surface area contributed by atoms with E-state index in [2.05, 4.69) is 0 Å². The Morgan fingerprint density at radius 3 is 2.84 bits per heavy atom. The van der Waals surface area contributed by atoms with E-state index in [1.54, 1.807) is 48.6 Å². The van der Waals surface area contributed by atoms with Gasteiger partial charge in [-0.1, -0.05) is 6.07 Å². The first-order chi connectivity index (χ1) is 12.1.